The van der Waals surface area contributed by atoms with Crippen LogP contribution >= 0.6 is 0 Å². The molecule has 0 spiro atoms. The summed E-state index contributed by atoms with van der Waals surface area (Å²) in [5, 5.41) is 2.21. The highest BCUT2D eigenvalue weighted by atomic mass is 19.4. The maximum atomic E-state index is 13.2. The van der Waals surface area contributed by atoms with Crippen LogP contribution in [0.25, 0.3) is 11.0 Å². The molecule has 1 N–H and O–H groups in total. The van der Waals surface area contributed by atoms with Crippen molar-refractivity contribution in [3.05, 3.63) is 99.1 Å². The van der Waals surface area contributed by atoms with Crippen LogP contribution in [0.1, 0.15) is 11.1 Å². The lowest BCUT2D eigenvalue weighted by Crippen LogP contribution is -2.42. The number of carbonyl (C=O) groups excluding carboxylic acids is 1. The average Bonchev–Trinajstić information content (AvgIpc) is 2.80. The molecule has 0 aliphatic carbocycles. The lowest BCUT2D eigenvalue weighted by Gasteiger charge is -2.16. The second-order valence-corrected chi connectivity index (χ2v) is 7.08. The molecule has 0 aliphatic heterocycles. The smallest absolute Gasteiger partial charge is 0.324 e. The number of fused-ring (bicyclic) bond motifs is 1. The average molecular weight is 455 g/mol. The molecule has 3 heterocycles. The minimum atomic E-state index is -4.67. The molecule has 168 valence electrons. The van der Waals surface area contributed by atoms with Gasteiger partial charge in [-0.3, -0.25) is 23.7 Å². The van der Waals surface area contributed by atoms with Gasteiger partial charge < -0.3 is 5.32 Å². The van der Waals surface area contributed by atoms with Crippen LogP contribution < -0.4 is 16.6 Å². The summed E-state index contributed by atoms with van der Waals surface area (Å²) in [7, 11) is 0. The summed E-state index contributed by atoms with van der Waals surface area (Å²) in [6.45, 7) is -0.713. The lowest BCUT2D eigenvalue weighted by atomic mass is 10.1. The predicted octanol–water partition coefficient (Wildman–Crippen LogP) is 2.66. The van der Waals surface area contributed by atoms with E-state index in [0.29, 0.717) is 5.56 Å². The summed E-state index contributed by atoms with van der Waals surface area (Å²) in [5.41, 5.74) is -2.22. The third kappa shape index (κ3) is 4.52. The van der Waals surface area contributed by atoms with Crippen molar-refractivity contribution in [2.75, 3.05) is 5.32 Å². The number of nitrogens with zero attached hydrogens (tertiary/aromatic N) is 4. The number of amides is 1. The molecule has 0 unspecified atom stereocenters. The van der Waals surface area contributed by atoms with Crippen LogP contribution in [0.3, 0.4) is 0 Å². The number of hydrogen-bond acceptors (Lipinski definition) is 5. The number of aromatic nitrogens is 4. The van der Waals surface area contributed by atoms with Gasteiger partial charge >= 0.3 is 11.9 Å². The summed E-state index contributed by atoms with van der Waals surface area (Å²) in [4.78, 5) is 46.6. The Morgan fingerprint density at radius 2 is 1.67 bits per heavy atom. The van der Waals surface area contributed by atoms with Gasteiger partial charge in [0.1, 0.15) is 6.54 Å². The Morgan fingerprint density at radius 3 is 2.39 bits per heavy atom. The van der Waals surface area contributed by atoms with E-state index in [1.807, 2.05) is 0 Å². The second-order valence-electron chi connectivity index (χ2n) is 7.08. The van der Waals surface area contributed by atoms with Crippen LogP contribution in [-0.2, 0) is 24.1 Å². The minimum absolute atomic E-state index is 0.0466. The number of nitrogens with one attached hydrogen (secondary N) is 1. The molecular weight excluding hydrogens is 439 g/mol. The Kier molecular flexibility index (Phi) is 5.78. The Hall–Kier alpha value is -4.28. The standard InChI is InChI=1S/C22H16F3N5O3/c23-22(24,25)15-4-1-2-5-16(15)28-18(31)13-29-17-6-3-9-27-19(17)20(32)30(21(29)33)12-14-7-10-26-11-8-14/h1-11H,12-13H2,(H,28,31). The van der Waals surface area contributed by atoms with Crippen molar-refractivity contribution in [2.24, 2.45) is 0 Å². The summed E-state index contributed by atoms with van der Waals surface area (Å²) in [6, 6.07) is 10.7. The first kappa shape index (κ1) is 21.9. The molecular formula is C22H16F3N5O3. The molecule has 0 fully saturated rings. The van der Waals surface area contributed by atoms with Crippen molar-refractivity contribution in [2.45, 2.75) is 19.3 Å². The van der Waals surface area contributed by atoms with E-state index in [2.05, 4.69) is 15.3 Å². The van der Waals surface area contributed by atoms with Crippen molar-refractivity contribution >= 4 is 22.6 Å². The zero-order valence-electron chi connectivity index (χ0n) is 16.9. The van der Waals surface area contributed by atoms with E-state index in [1.54, 1.807) is 12.1 Å². The molecule has 0 atom stereocenters. The topological polar surface area (TPSA) is 98.9 Å². The highest BCUT2D eigenvalue weighted by Crippen LogP contribution is 2.34. The van der Waals surface area contributed by atoms with Gasteiger partial charge in [-0.05, 0) is 42.0 Å². The van der Waals surface area contributed by atoms with E-state index < -0.39 is 41.1 Å². The normalized spacial score (nSPS) is 11.5. The molecule has 0 radical (unpaired) electrons. The van der Waals surface area contributed by atoms with E-state index in [0.717, 1.165) is 21.3 Å². The number of para-hydroxylation sites is 1. The molecule has 1 aromatic carbocycles. The van der Waals surface area contributed by atoms with Gasteiger partial charge in [-0.15, -0.1) is 0 Å². The van der Waals surface area contributed by atoms with Gasteiger partial charge in [-0.2, -0.15) is 13.2 Å². The third-order valence-corrected chi connectivity index (χ3v) is 4.89. The highest BCUT2D eigenvalue weighted by molar-refractivity contribution is 5.92. The van der Waals surface area contributed by atoms with Gasteiger partial charge in [0.15, 0.2) is 5.52 Å². The highest BCUT2D eigenvalue weighted by Gasteiger charge is 2.33. The molecule has 0 saturated carbocycles. The van der Waals surface area contributed by atoms with Crippen molar-refractivity contribution < 1.29 is 18.0 Å². The van der Waals surface area contributed by atoms with Crippen molar-refractivity contribution in [1.82, 2.24) is 19.1 Å². The quantitative estimate of drug-likeness (QED) is 0.499. The molecule has 33 heavy (non-hydrogen) atoms. The van der Waals surface area contributed by atoms with Crippen molar-refractivity contribution in [1.29, 1.82) is 0 Å². The van der Waals surface area contributed by atoms with Crippen LogP contribution in [0.2, 0.25) is 0 Å². The summed E-state index contributed by atoms with van der Waals surface area (Å²) < 4.78 is 41.7. The van der Waals surface area contributed by atoms with Crippen molar-refractivity contribution in [3.8, 4) is 0 Å². The molecule has 11 heteroatoms. The zero-order chi connectivity index (χ0) is 23.6. The number of rotatable bonds is 5. The second kappa shape index (κ2) is 8.69. The molecule has 3 aromatic heterocycles. The number of hydrogen-bond donors (Lipinski definition) is 1. The van der Waals surface area contributed by atoms with Crippen LogP contribution in [0.15, 0.2) is 76.7 Å². The zero-order valence-corrected chi connectivity index (χ0v) is 16.9. The number of benzene rings is 1. The lowest BCUT2D eigenvalue weighted by molar-refractivity contribution is -0.137. The number of alkyl halides is 3. The van der Waals surface area contributed by atoms with Crippen LogP contribution in [0.4, 0.5) is 18.9 Å². The monoisotopic (exact) mass is 455 g/mol. The van der Waals surface area contributed by atoms with Gasteiger partial charge in [-0.25, -0.2) is 9.78 Å². The summed E-state index contributed by atoms with van der Waals surface area (Å²) >= 11 is 0. The van der Waals surface area contributed by atoms with Crippen LogP contribution in [-0.4, -0.2) is 25.0 Å². The molecule has 8 nitrogen and oxygen atoms in total. The summed E-state index contributed by atoms with van der Waals surface area (Å²) in [6.07, 6.45) is -0.294. The maximum absolute atomic E-state index is 13.2. The predicted molar refractivity (Wildman–Crippen MR) is 114 cm³/mol. The fraction of sp³-hybridized carbons (Fsp3) is 0.136. The van der Waals surface area contributed by atoms with Crippen LogP contribution in [0, 0.1) is 0 Å². The first-order chi connectivity index (χ1) is 15.8. The first-order valence-electron chi connectivity index (χ1n) is 9.69. The number of anilines is 1. The fourth-order valence-electron chi connectivity index (χ4n) is 3.38. The first-order valence-corrected chi connectivity index (χ1v) is 9.69. The van der Waals surface area contributed by atoms with Gasteiger partial charge in [0.2, 0.25) is 5.91 Å². The third-order valence-electron chi connectivity index (χ3n) is 4.89. The van der Waals surface area contributed by atoms with Gasteiger partial charge in [-0.1, -0.05) is 12.1 Å². The van der Waals surface area contributed by atoms with E-state index >= 15 is 0 Å². The van der Waals surface area contributed by atoms with E-state index in [9.17, 15) is 27.6 Å². The fourth-order valence-corrected chi connectivity index (χ4v) is 3.38. The van der Waals surface area contributed by atoms with E-state index in [-0.39, 0.29) is 17.6 Å². The Morgan fingerprint density at radius 1 is 0.939 bits per heavy atom. The number of pyridine rings is 2. The number of carbonyl (C=O) groups is 1. The molecule has 4 aromatic rings. The summed E-state index contributed by atoms with van der Waals surface area (Å²) in [5.74, 6) is -0.868. The Labute approximate surface area is 184 Å². The van der Waals surface area contributed by atoms with E-state index in [4.69, 9.17) is 0 Å². The van der Waals surface area contributed by atoms with E-state index in [1.165, 1.54) is 42.9 Å². The number of halogens is 3. The maximum Gasteiger partial charge on any atom is 0.418 e. The molecule has 0 bridgehead atoms. The molecule has 0 aliphatic rings. The molecule has 1 amide bonds. The van der Waals surface area contributed by atoms with Crippen LogP contribution in [0.5, 0.6) is 0 Å². The largest absolute Gasteiger partial charge is 0.418 e. The van der Waals surface area contributed by atoms with Crippen molar-refractivity contribution in [3.63, 3.8) is 0 Å². The SMILES string of the molecule is O=C(Cn1c(=O)n(Cc2ccncc2)c(=O)c2ncccc21)Nc1ccccc1C(F)(F)F. The van der Waals surface area contributed by atoms with Gasteiger partial charge in [0.25, 0.3) is 5.56 Å². The minimum Gasteiger partial charge on any atom is -0.324 e. The Balaban J connectivity index is 1.75. The van der Waals surface area contributed by atoms with Gasteiger partial charge in [0.05, 0.1) is 23.3 Å². The molecule has 0 saturated heterocycles. The molecule has 4 rings (SSSR count). The Bertz CT molecular complexity index is 1450. The van der Waals surface area contributed by atoms with Gasteiger partial charge in [0, 0.05) is 18.6 Å².